The molecule has 5 nitrogen and oxygen atoms in total. The number of amides is 1. The van der Waals surface area contributed by atoms with E-state index in [1.54, 1.807) is 36.4 Å². The Morgan fingerprint density at radius 3 is 2.36 bits per heavy atom. The molecule has 2 aromatic carbocycles. The minimum absolute atomic E-state index is 0.0985. The summed E-state index contributed by atoms with van der Waals surface area (Å²) in [6.45, 7) is 1.52. The Hall–Kier alpha value is -2.53. The molecule has 0 unspecified atom stereocenters. The molecule has 0 aliphatic carbocycles. The highest BCUT2D eigenvalue weighted by Gasteiger charge is 2.20. The molecule has 2 aromatic rings. The summed E-state index contributed by atoms with van der Waals surface area (Å²) >= 11 is 5.80. The van der Waals surface area contributed by atoms with Gasteiger partial charge in [0.15, 0.2) is 17.3 Å². The largest absolute Gasteiger partial charge is 0.454 e. The maximum absolute atomic E-state index is 12.3. The molecule has 0 bridgehead atoms. The third-order valence-electron chi connectivity index (χ3n) is 3.25. The summed E-state index contributed by atoms with van der Waals surface area (Å²) < 4.78 is 10.5. The molecular formula is C16H12ClNO4. The van der Waals surface area contributed by atoms with E-state index in [0.717, 1.165) is 0 Å². The predicted molar refractivity (Wildman–Crippen MR) is 82.0 cm³/mol. The number of nitrogens with one attached hydrogen (secondary N) is 1. The van der Waals surface area contributed by atoms with Crippen LogP contribution in [-0.4, -0.2) is 18.5 Å². The number of carbonyl (C=O) groups excluding carboxylic acids is 2. The van der Waals surface area contributed by atoms with Crippen LogP contribution >= 0.6 is 11.6 Å². The quantitative estimate of drug-likeness (QED) is 0.880. The van der Waals surface area contributed by atoms with Crippen molar-refractivity contribution in [3.8, 4) is 11.5 Å². The first-order valence-electron chi connectivity index (χ1n) is 6.56. The molecule has 112 valence electrons. The van der Waals surface area contributed by atoms with E-state index in [1.807, 2.05) is 0 Å². The van der Waals surface area contributed by atoms with Crippen LogP contribution in [0.25, 0.3) is 0 Å². The number of hydrogen-bond acceptors (Lipinski definition) is 4. The fraction of sp³-hybridized carbons (Fsp3) is 0.125. The summed E-state index contributed by atoms with van der Waals surface area (Å²) in [5.41, 5.74) is 1.19. The molecule has 1 aliphatic heterocycles. The molecule has 0 saturated carbocycles. The third kappa shape index (κ3) is 2.76. The molecular weight excluding hydrogens is 306 g/mol. The summed E-state index contributed by atoms with van der Waals surface area (Å²) in [6, 6.07) is 9.63. The van der Waals surface area contributed by atoms with Crippen LogP contribution in [0.2, 0.25) is 5.02 Å². The monoisotopic (exact) mass is 317 g/mol. The summed E-state index contributed by atoms with van der Waals surface area (Å²) in [5, 5.41) is 3.26. The van der Waals surface area contributed by atoms with Crippen LogP contribution in [0.15, 0.2) is 36.4 Å². The van der Waals surface area contributed by atoms with Crippen LogP contribution in [0.3, 0.4) is 0 Å². The van der Waals surface area contributed by atoms with E-state index in [0.29, 0.717) is 33.3 Å². The Labute approximate surface area is 131 Å². The van der Waals surface area contributed by atoms with Crippen LogP contribution in [0.1, 0.15) is 27.6 Å². The highest BCUT2D eigenvalue weighted by atomic mass is 35.5. The number of Topliss-reactive ketones (excluding diaryl/α,β-unsaturated/α-hetero) is 1. The first-order valence-corrected chi connectivity index (χ1v) is 6.94. The maximum atomic E-state index is 12.3. The number of benzene rings is 2. The zero-order valence-corrected chi connectivity index (χ0v) is 12.4. The van der Waals surface area contributed by atoms with Gasteiger partial charge < -0.3 is 14.8 Å². The molecule has 1 heterocycles. The van der Waals surface area contributed by atoms with Crippen LogP contribution in [0.4, 0.5) is 5.69 Å². The Morgan fingerprint density at radius 2 is 1.73 bits per heavy atom. The molecule has 0 atom stereocenters. The van der Waals surface area contributed by atoms with Crippen LogP contribution in [0, 0.1) is 0 Å². The normalized spacial score (nSPS) is 12.1. The van der Waals surface area contributed by atoms with Crippen LogP contribution in [-0.2, 0) is 0 Å². The minimum atomic E-state index is -0.335. The average Bonchev–Trinajstić information content (AvgIpc) is 2.94. The smallest absolute Gasteiger partial charge is 0.255 e. The average molecular weight is 318 g/mol. The van der Waals surface area contributed by atoms with E-state index in [9.17, 15) is 9.59 Å². The SMILES string of the molecule is CC(=O)c1cc2c(cc1NC(=O)c1ccc(Cl)cc1)OCO2. The molecule has 6 heteroatoms. The predicted octanol–water partition coefficient (Wildman–Crippen LogP) is 3.52. The van der Waals surface area contributed by atoms with E-state index in [1.165, 1.54) is 6.92 Å². The lowest BCUT2D eigenvalue weighted by atomic mass is 10.1. The molecule has 0 saturated heterocycles. The molecule has 3 rings (SSSR count). The van der Waals surface area contributed by atoms with Crippen molar-refractivity contribution in [2.75, 3.05) is 12.1 Å². The van der Waals surface area contributed by atoms with Gasteiger partial charge in [-0.15, -0.1) is 0 Å². The van der Waals surface area contributed by atoms with E-state index in [2.05, 4.69) is 5.32 Å². The van der Waals surface area contributed by atoms with Gasteiger partial charge in [0.2, 0.25) is 6.79 Å². The molecule has 0 fully saturated rings. The topological polar surface area (TPSA) is 64.6 Å². The number of fused-ring (bicyclic) bond motifs is 1. The third-order valence-corrected chi connectivity index (χ3v) is 3.50. The number of hydrogen-bond donors (Lipinski definition) is 1. The van der Waals surface area contributed by atoms with Gasteiger partial charge in [0.25, 0.3) is 5.91 Å². The van der Waals surface area contributed by atoms with Gasteiger partial charge in [-0.25, -0.2) is 0 Å². The Balaban J connectivity index is 1.92. The number of ketones is 1. The van der Waals surface area contributed by atoms with Crippen molar-refractivity contribution >= 4 is 29.0 Å². The standard InChI is InChI=1S/C16H12ClNO4/c1-9(19)12-6-14-15(22-8-21-14)7-13(12)18-16(20)10-2-4-11(17)5-3-10/h2-7H,8H2,1H3,(H,18,20). The lowest BCUT2D eigenvalue weighted by Crippen LogP contribution is -2.14. The summed E-state index contributed by atoms with van der Waals surface area (Å²) in [5.74, 6) is 0.480. The fourth-order valence-electron chi connectivity index (χ4n) is 2.13. The molecule has 0 radical (unpaired) electrons. The lowest BCUT2D eigenvalue weighted by Gasteiger charge is -2.10. The van der Waals surface area contributed by atoms with Crippen molar-refractivity contribution < 1.29 is 19.1 Å². The Kier molecular flexibility index (Phi) is 3.73. The summed E-state index contributed by atoms with van der Waals surface area (Å²) in [7, 11) is 0. The van der Waals surface area contributed by atoms with Gasteiger partial charge in [0, 0.05) is 22.2 Å². The number of halogens is 1. The van der Waals surface area contributed by atoms with Gasteiger partial charge >= 0.3 is 0 Å². The molecule has 1 amide bonds. The fourth-order valence-corrected chi connectivity index (χ4v) is 2.26. The highest BCUT2D eigenvalue weighted by Crippen LogP contribution is 2.37. The summed E-state index contributed by atoms with van der Waals surface area (Å²) in [6.07, 6.45) is 0. The second kappa shape index (κ2) is 5.69. The van der Waals surface area contributed by atoms with Gasteiger partial charge in [-0.2, -0.15) is 0 Å². The molecule has 0 spiro atoms. The number of carbonyl (C=O) groups is 2. The van der Waals surface area contributed by atoms with Gasteiger partial charge in [-0.1, -0.05) is 11.6 Å². The minimum Gasteiger partial charge on any atom is -0.454 e. The Bertz CT molecular complexity index is 755. The van der Waals surface area contributed by atoms with Crippen molar-refractivity contribution in [1.82, 2.24) is 0 Å². The van der Waals surface area contributed by atoms with Crippen molar-refractivity contribution in [1.29, 1.82) is 0 Å². The molecule has 22 heavy (non-hydrogen) atoms. The molecule has 1 N–H and O–H groups in total. The van der Waals surface area contributed by atoms with E-state index < -0.39 is 0 Å². The number of rotatable bonds is 3. The van der Waals surface area contributed by atoms with E-state index in [-0.39, 0.29) is 18.5 Å². The lowest BCUT2D eigenvalue weighted by molar-refractivity contribution is 0.101. The zero-order valence-electron chi connectivity index (χ0n) is 11.7. The van der Waals surface area contributed by atoms with Crippen molar-refractivity contribution in [3.63, 3.8) is 0 Å². The summed E-state index contributed by atoms with van der Waals surface area (Å²) in [4.78, 5) is 24.0. The van der Waals surface area contributed by atoms with Crippen molar-refractivity contribution in [2.45, 2.75) is 6.92 Å². The van der Waals surface area contributed by atoms with Crippen molar-refractivity contribution in [3.05, 3.63) is 52.5 Å². The number of anilines is 1. The van der Waals surface area contributed by atoms with E-state index in [4.69, 9.17) is 21.1 Å². The van der Waals surface area contributed by atoms with Crippen LogP contribution in [0.5, 0.6) is 11.5 Å². The van der Waals surface area contributed by atoms with Crippen LogP contribution < -0.4 is 14.8 Å². The second-order valence-corrected chi connectivity index (χ2v) is 5.20. The molecule has 0 aromatic heterocycles. The highest BCUT2D eigenvalue weighted by molar-refractivity contribution is 6.30. The molecule has 1 aliphatic rings. The number of ether oxygens (including phenoxy) is 2. The van der Waals surface area contributed by atoms with E-state index >= 15 is 0 Å². The van der Waals surface area contributed by atoms with Gasteiger partial charge in [0.05, 0.1) is 5.69 Å². The van der Waals surface area contributed by atoms with Gasteiger partial charge in [0.1, 0.15) is 0 Å². The second-order valence-electron chi connectivity index (χ2n) is 4.77. The zero-order chi connectivity index (χ0) is 15.7. The van der Waals surface area contributed by atoms with Gasteiger partial charge in [-0.3, -0.25) is 9.59 Å². The maximum Gasteiger partial charge on any atom is 0.255 e. The first kappa shape index (κ1) is 14.4. The first-order chi connectivity index (χ1) is 10.5. The van der Waals surface area contributed by atoms with Crippen molar-refractivity contribution in [2.24, 2.45) is 0 Å². The Morgan fingerprint density at radius 1 is 1.09 bits per heavy atom. The van der Waals surface area contributed by atoms with Gasteiger partial charge in [-0.05, 0) is 37.3 Å².